The number of hydrogen-bond donors (Lipinski definition) is 0. The van der Waals surface area contributed by atoms with Crippen molar-refractivity contribution in [3.05, 3.63) is 35.9 Å². The van der Waals surface area contributed by atoms with Crippen molar-refractivity contribution in [1.82, 2.24) is 4.90 Å². The standard InChI is InChI=1S/C18H21NO5/c20-12-19-14-6-7-15(19)9-16(8-14)24-18(22)10-17(21)23-11-13-4-2-1-3-5-13/h1-5,12,14-16H,6-11H2/t14-,15+,16+. The molecule has 0 N–H and O–H groups in total. The van der Waals surface area contributed by atoms with E-state index in [2.05, 4.69) is 0 Å². The zero-order chi connectivity index (χ0) is 16.9. The molecule has 2 aliphatic heterocycles. The predicted octanol–water partition coefficient (Wildman–Crippen LogP) is 1.81. The van der Waals surface area contributed by atoms with Crippen LogP contribution in [0, 0.1) is 0 Å². The molecule has 6 heteroatoms. The lowest BCUT2D eigenvalue weighted by Crippen LogP contribution is -2.45. The van der Waals surface area contributed by atoms with Crippen LogP contribution in [0.25, 0.3) is 0 Å². The van der Waals surface area contributed by atoms with Crippen molar-refractivity contribution >= 4 is 18.3 Å². The van der Waals surface area contributed by atoms with Crippen LogP contribution in [0.2, 0.25) is 0 Å². The Labute approximate surface area is 140 Å². The number of fused-ring (bicyclic) bond motifs is 2. The lowest BCUT2D eigenvalue weighted by molar-refractivity contribution is -0.160. The third kappa shape index (κ3) is 3.93. The van der Waals surface area contributed by atoms with Crippen LogP contribution in [-0.2, 0) is 30.5 Å². The van der Waals surface area contributed by atoms with E-state index in [-0.39, 0.29) is 31.2 Å². The van der Waals surface area contributed by atoms with Crippen LogP contribution in [-0.4, -0.2) is 41.4 Å². The molecule has 1 aromatic rings. The van der Waals surface area contributed by atoms with Crippen LogP contribution in [0.3, 0.4) is 0 Å². The molecule has 6 nitrogen and oxygen atoms in total. The van der Waals surface area contributed by atoms with Crippen LogP contribution in [0.15, 0.2) is 30.3 Å². The third-order valence-corrected chi connectivity index (χ3v) is 4.70. The highest BCUT2D eigenvalue weighted by Gasteiger charge is 2.41. The average molecular weight is 331 g/mol. The van der Waals surface area contributed by atoms with Crippen molar-refractivity contribution in [3.63, 3.8) is 0 Å². The highest BCUT2D eigenvalue weighted by molar-refractivity contribution is 5.91. The summed E-state index contributed by atoms with van der Waals surface area (Å²) < 4.78 is 10.5. The zero-order valence-corrected chi connectivity index (χ0v) is 13.4. The smallest absolute Gasteiger partial charge is 0.317 e. The lowest BCUT2D eigenvalue weighted by Gasteiger charge is -2.35. The van der Waals surface area contributed by atoms with E-state index in [1.807, 2.05) is 35.2 Å². The van der Waals surface area contributed by atoms with E-state index in [4.69, 9.17) is 9.47 Å². The summed E-state index contributed by atoms with van der Waals surface area (Å²) in [7, 11) is 0. The molecule has 2 bridgehead atoms. The summed E-state index contributed by atoms with van der Waals surface area (Å²) in [6.45, 7) is 0.148. The Bertz CT molecular complexity index is 589. The Balaban J connectivity index is 1.41. The van der Waals surface area contributed by atoms with Gasteiger partial charge in [-0.3, -0.25) is 14.4 Å². The summed E-state index contributed by atoms with van der Waals surface area (Å²) in [5.74, 6) is -1.14. The molecule has 0 aromatic heterocycles. The number of benzene rings is 1. The fourth-order valence-electron chi connectivity index (χ4n) is 3.57. The van der Waals surface area contributed by atoms with Crippen molar-refractivity contribution in [2.45, 2.75) is 56.9 Å². The Morgan fingerprint density at radius 3 is 2.38 bits per heavy atom. The van der Waals surface area contributed by atoms with Crippen molar-refractivity contribution in [2.75, 3.05) is 0 Å². The van der Waals surface area contributed by atoms with E-state index >= 15 is 0 Å². The molecule has 0 unspecified atom stereocenters. The highest BCUT2D eigenvalue weighted by atomic mass is 16.6. The van der Waals surface area contributed by atoms with Crippen LogP contribution in [0.1, 0.15) is 37.7 Å². The van der Waals surface area contributed by atoms with Gasteiger partial charge in [-0.25, -0.2) is 0 Å². The maximum Gasteiger partial charge on any atom is 0.317 e. The van der Waals surface area contributed by atoms with E-state index in [1.54, 1.807) is 0 Å². The van der Waals surface area contributed by atoms with Gasteiger partial charge in [0.25, 0.3) is 0 Å². The first-order chi connectivity index (χ1) is 11.7. The maximum absolute atomic E-state index is 11.9. The van der Waals surface area contributed by atoms with Crippen LogP contribution in [0.4, 0.5) is 0 Å². The fraction of sp³-hybridized carbons (Fsp3) is 0.500. The van der Waals surface area contributed by atoms with E-state index in [1.165, 1.54) is 0 Å². The number of nitrogens with zero attached hydrogens (tertiary/aromatic N) is 1. The van der Waals surface area contributed by atoms with Crippen LogP contribution in [0.5, 0.6) is 0 Å². The molecule has 2 fully saturated rings. The molecule has 3 atom stereocenters. The van der Waals surface area contributed by atoms with E-state index in [9.17, 15) is 14.4 Å². The van der Waals surface area contributed by atoms with Gasteiger partial charge < -0.3 is 14.4 Å². The predicted molar refractivity (Wildman–Crippen MR) is 84.7 cm³/mol. The van der Waals surface area contributed by atoms with Gasteiger partial charge in [-0.05, 0) is 18.4 Å². The molecule has 2 heterocycles. The number of esters is 2. The SMILES string of the molecule is O=CN1[C@@H]2CC[C@H]1C[C@@H](OC(=O)CC(=O)OCc1ccccc1)C2. The molecule has 1 aromatic carbocycles. The average Bonchev–Trinajstić information content (AvgIpc) is 2.83. The number of rotatable bonds is 6. The van der Waals surface area contributed by atoms with Crippen LogP contribution < -0.4 is 0 Å². The van der Waals surface area contributed by atoms with Crippen molar-refractivity contribution in [2.24, 2.45) is 0 Å². The van der Waals surface area contributed by atoms with Gasteiger partial charge >= 0.3 is 11.9 Å². The fourth-order valence-corrected chi connectivity index (χ4v) is 3.57. The molecule has 0 aliphatic carbocycles. The molecule has 0 spiro atoms. The molecular weight excluding hydrogens is 310 g/mol. The normalized spacial score (nSPS) is 25.2. The summed E-state index contributed by atoms with van der Waals surface area (Å²) in [5, 5.41) is 0. The van der Waals surface area contributed by atoms with Gasteiger partial charge in [-0.15, -0.1) is 0 Å². The van der Waals surface area contributed by atoms with Gasteiger partial charge in [0.2, 0.25) is 6.41 Å². The highest BCUT2D eigenvalue weighted by Crippen LogP contribution is 2.35. The Hall–Kier alpha value is -2.37. The first-order valence-corrected chi connectivity index (χ1v) is 8.27. The Morgan fingerprint density at radius 1 is 1.08 bits per heavy atom. The second-order valence-corrected chi connectivity index (χ2v) is 6.34. The lowest BCUT2D eigenvalue weighted by atomic mass is 10.0. The Kier molecular flexibility index (Phi) is 5.13. The molecular formula is C18H21NO5. The quantitative estimate of drug-likeness (QED) is 0.452. The van der Waals surface area contributed by atoms with E-state index in [0.717, 1.165) is 24.8 Å². The summed E-state index contributed by atoms with van der Waals surface area (Å²) in [5.41, 5.74) is 0.872. The van der Waals surface area contributed by atoms with Gasteiger partial charge in [0, 0.05) is 24.9 Å². The molecule has 2 aliphatic rings. The summed E-state index contributed by atoms with van der Waals surface area (Å²) in [6, 6.07) is 9.61. The number of carbonyl (C=O) groups is 3. The first kappa shape index (κ1) is 16.5. The number of amides is 1. The minimum atomic E-state index is -0.586. The number of piperidine rings is 1. The number of carbonyl (C=O) groups excluding carboxylic acids is 3. The van der Waals surface area contributed by atoms with Crippen molar-refractivity contribution in [3.8, 4) is 0 Å². The van der Waals surface area contributed by atoms with Crippen LogP contribution >= 0.6 is 0 Å². The number of hydrogen-bond acceptors (Lipinski definition) is 5. The van der Waals surface area contributed by atoms with Gasteiger partial charge in [0.05, 0.1) is 0 Å². The molecule has 128 valence electrons. The second kappa shape index (κ2) is 7.47. The molecule has 24 heavy (non-hydrogen) atoms. The largest absolute Gasteiger partial charge is 0.462 e. The molecule has 0 saturated carbocycles. The monoisotopic (exact) mass is 331 g/mol. The molecule has 3 rings (SSSR count). The van der Waals surface area contributed by atoms with Crippen molar-refractivity contribution in [1.29, 1.82) is 0 Å². The Morgan fingerprint density at radius 2 is 1.75 bits per heavy atom. The minimum absolute atomic E-state index is 0.148. The molecule has 1 amide bonds. The summed E-state index contributed by atoms with van der Waals surface area (Å²) >= 11 is 0. The minimum Gasteiger partial charge on any atom is -0.462 e. The first-order valence-electron chi connectivity index (χ1n) is 8.27. The topological polar surface area (TPSA) is 72.9 Å². The summed E-state index contributed by atoms with van der Waals surface area (Å²) in [4.78, 5) is 36.5. The van der Waals surface area contributed by atoms with Gasteiger partial charge in [0.15, 0.2) is 0 Å². The second-order valence-electron chi connectivity index (χ2n) is 6.34. The van der Waals surface area contributed by atoms with Gasteiger partial charge in [-0.2, -0.15) is 0 Å². The van der Waals surface area contributed by atoms with Gasteiger partial charge in [0.1, 0.15) is 19.1 Å². The third-order valence-electron chi connectivity index (χ3n) is 4.70. The molecule has 0 radical (unpaired) electrons. The van der Waals surface area contributed by atoms with Gasteiger partial charge in [-0.1, -0.05) is 30.3 Å². The zero-order valence-electron chi connectivity index (χ0n) is 13.4. The maximum atomic E-state index is 11.9. The summed E-state index contributed by atoms with van der Waals surface area (Å²) in [6.07, 6.45) is 3.51. The van der Waals surface area contributed by atoms with E-state index < -0.39 is 11.9 Å². The molecule has 2 saturated heterocycles. The number of ether oxygens (including phenoxy) is 2. The van der Waals surface area contributed by atoms with Crippen molar-refractivity contribution < 1.29 is 23.9 Å². The van der Waals surface area contributed by atoms with E-state index in [0.29, 0.717) is 12.8 Å².